The summed E-state index contributed by atoms with van der Waals surface area (Å²) in [5, 5.41) is 3.92. The Balaban J connectivity index is 1.88. The average Bonchev–Trinajstić information content (AvgIpc) is 2.54. The van der Waals surface area contributed by atoms with Crippen molar-refractivity contribution in [3.05, 3.63) is 0 Å². The number of rotatable bonds is 7. The summed E-state index contributed by atoms with van der Waals surface area (Å²) in [4.78, 5) is 2.82. The maximum absolute atomic E-state index is 3.92. The van der Waals surface area contributed by atoms with Crippen LogP contribution in [-0.2, 0) is 0 Å². The van der Waals surface area contributed by atoms with Crippen LogP contribution in [0.5, 0.6) is 0 Å². The molecule has 0 radical (unpaired) electrons. The second-order valence-corrected chi connectivity index (χ2v) is 8.63. The molecule has 3 heteroatoms. The van der Waals surface area contributed by atoms with Crippen LogP contribution in [0, 0.1) is 5.92 Å². The normalized spacial score (nSPS) is 32.4. The van der Waals surface area contributed by atoms with Gasteiger partial charge in [0, 0.05) is 24.7 Å². The molecule has 1 saturated carbocycles. The summed E-state index contributed by atoms with van der Waals surface area (Å²) < 4.78 is 0. The fourth-order valence-corrected chi connectivity index (χ4v) is 4.67. The molecule has 0 spiro atoms. The first kappa shape index (κ1) is 17.6. The largest absolute Gasteiger partial charge is 0.311 e. The molecule has 21 heavy (non-hydrogen) atoms. The molecule has 0 aromatic heterocycles. The summed E-state index contributed by atoms with van der Waals surface area (Å²) in [6.45, 7) is 10.9. The third-order valence-corrected chi connectivity index (χ3v) is 6.81. The standard InChI is InChI=1S/C18H36N2S/c1-4-18(3)15-19-17(16-10-7-6-8-11-16)14-20(18)12-9-13-21-5-2/h16-17,19H,4-15H2,1-3H3. The molecular weight excluding hydrogens is 276 g/mol. The van der Waals surface area contributed by atoms with E-state index in [-0.39, 0.29) is 0 Å². The Morgan fingerprint density at radius 3 is 2.62 bits per heavy atom. The first-order valence-corrected chi connectivity index (χ1v) is 10.4. The number of hydrogen-bond donors (Lipinski definition) is 1. The quantitative estimate of drug-likeness (QED) is 0.711. The molecule has 2 rings (SSSR count). The molecule has 1 aliphatic heterocycles. The minimum absolute atomic E-state index is 0.377. The van der Waals surface area contributed by atoms with Crippen molar-refractivity contribution in [2.45, 2.75) is 77.3 Å². The predicted octanol–water partition coefficient (Wildman–Crippen LogP) is 4.15. The van der Waals surface area contributed by atoms with E-state index in [1.807, 2.05) is 0 Å². The van der Waals surface area contributed by atoms with E-state index < -0.39 is 0 Å². The molecule has 2 nitrogen and oxygen atoms in total. The fourth-order valence-electron chi connectivity index (χ4n) is 4.05. The van der Waals surface area contributed by atoms with Crippen molar-refractivity contribution in [2.75, 3.05) is 31.1 Å². The van der Waals surface area contributed by atoms with Crippen molar-refractivity contribution in [3.8, 4) is 0 Å². The third kappa shape index (κ3) is 4.87. The van der Waals surface area contributed by atoms with Gasteiger partial charge in [-0.25, -0.2) is 0 Å². The van der Waals surface area contributed by atoms with Crippen LogP contribution in [0.1, 0.15) is 65.7 Å². The molecule has 2 unspecified atom stereocenters. The molecule has 0 amide bonds. The smallest absolute Gasteiger partial charge is 0.0303 e. The molecule has 124 valence electrons. The molecule has 2 aliphatic rings. The summed E-state index contributed by atoms with van der Waals surface area (Å²) in [6, 6.07) is 0.753. The van der Waals surface area contributed by atoms with Crippen molar-refractivity contribution in [2.24, 2.45) is 5.92 Å². The zero-order valence-corrected chi connectivity index (χ0v) is 15.3. The highest BCUT2D eigenvalue weighted by molar-refractivity contribution is 7.99. The van der Waals surface area contributed by atoms with Gasteiger partial charge in [-0.2, -0.15) is 11.8 Å². The molecule has 0 bridgehead atoms. The summed E-state index contributed by atoms with van der Waals surface area (Å²) in [5.41, 5.74) is 0.377. The number of piperazine rings is 1. The van der Waals surface area contributed by atoms with Gasteiger partial charge in [-0.1, -0.05) is 33.1 Å². The maximum Gasteiger partial charge on any atom is 0.0303 e. The van der Waals surface area contributed by atoms with Crippen LogP contribution in [0.15, 0.2) is 0 Å². The van der Waals surface area contributed by atoms with E-state index in [1.54, 1.807) is 0 Å². The Morgan fingerprint density at radius 2 is 1.95 bits per heavy atom. The van der Waals surface area contributed by atoms with Gasteiger partial charge in [0.15, 0.2) is 0 Å². The van der Waals surface area contributed by atoms with Gasteiger partial charge in [-0.05, 0) is 56.6 Å². The second kappa shape index (κ2) is 8.79. The second-order valence-electron chi connectivity index (χ2n) is 7.23. The lowest BCUT2D eigenvalue weighted by atomic mass is 9.81. The van der Waals surface area contributed by atoms with Crippen LogP contribution in [-0.4, -0.2) is 47.6 Å². The lowest BCUT2D eigenvalue weighted by Crippen LogP contribution is -2.64. The van der Waals surface area contributed by atoms with Gasteiger partial charge >= 0.3 is 0 Å². The van der Waals surface area contributed by atoms with E-state index in [1.165, 1.54) is 76.1 Å². The van der Waals surface area contributed by atoms with Gasteiger partial charge < -0.3 is 5.32 Å². The maximum atomic E-state index is 3.92. The van der Waals surface area contributed by atoms with Crippen molar-refractivity contribution < 1.29 is 0 Å². The molecule has 0 aromatic carbocycles. The summed E-state index contributed by atoms with van der Waals surface area (Å²) in [6.07, 6.45) is 9.92. The van der Waals surface area contributed by atoms with E-state index in [9.17, 15) is 0 Å². The molecule has 0 aromatic rings. The molecule has 2 fully saturated rings. The fraction of sp³-hybridized carbons (Fsp3) is 1.00. The van der Waals surface area contributed by atoms with E-state index in [0.29, 0.717) is 5.54 Å². The van der Waals surface area contributed by atoms with Gasteiger partial charge in [-0.15, -0.1) is 0 Å². The Morgan fingerprint density at radius 1 is 1.19 bits per heavy atom. The average molecular weight is 313 g/mol. The van der Waals surface area contributed by atoms with Crippen molar-refractivity contribution in [1.82, 2.24) is 10.2 Å². The Hall–Kier alpha value is 0.270. The molecule has 1 aliphatic carbocycles. The van der Waals surface area contributed by atoms with Crippen LogP contribution in [0.4, 0.5) is 0 Å². The van der Waals surface area contributed by atoms with Crippen LogP contribution in [0.3, 0.4) is 0 Å². The topological polar surface area (TPSA) is 15.3 Å². The van der Waals surface area contributed by atoms with E-state index >= 15 is 0 Å². The zero-order valence-electron chi connectivity index (χ0n) is 14.5. The van der Waals surface area contributed by atoms with Crippen LogP contribution < -0.4 is 5.32 Å². The first-order chi connectivity index (χ1) is 10.2. The Labute approximate surface area is 136 Å². The summed E-state index contributed by atoms with van der Waals surface area (Å²) in [5.74, 6) is 3.53. The van der Waals surface area contributed by atoms with Gasteiger partial charge in [0.2, 0.25) is 0 Å². The van der Waals surface area contributed by atoms with E-state index in [4.69, 9.17) is 0 Å². The molecule has 1 saturated heterocycles. The Bertz CT molecular complexity index is 291. The van der Waals surface area contributed by atoms with Crippen molar-refractivity contribution >= 4 is 11.8 Å². The highest BCUT2D eigenvalue weighted by atomic mass is 32.2. The van der Waals surface area contributed by atoms with E-state index in [2.05, 4.69) is 42.7 Å². The van der Waals surface area contributed by atoms with Crippen LogP contribution >= 0.6 is 11.8 Å². The minimum Gasteiger partial charge on any atom is -0.311 e. The van der Waals surface area contributed by atoms with Crippen molar-refractivity contribution in [3.63, 3.8) is 0 Å². The lowest BCUT2D eigenvalue weighted by Gasteiger charge is -2.50. The van der Waals surface area contributed by atoms with Crippen molar-refractivity contribution in [1.29, 1.82) is 0 Å². The number of nitrogens with zero attached hydrogens (tertiary/aromatic N) is 1. The van der Waals surface area contributed by atoms with Gasteiger partial charge in [0.05, 0.1) is 0 Å². The van der Waals surface area contributed by atoms with Gasteiger partial charge in [-0.3, -0.25) is 4.90 Å². The van der Waals surface area contributed by atoms with Crippen LogP contribution in [0.2, 0.25) is 0 Å². The first-order valence-electron chi connectivity index (χ1n) is 9.26. The lowest BCUT2D eigenvalue weighted by molar-refractivity contribution is 0.0299. The zero-order chi connectivity index (χ0) is 15.1. The number of thioether (sulfide) groups is 1. The monoisotopic (exact) mass is 312 g/mol. The third-order valence-electron chi connectivity index (χ3n) is 5.83. The van der Waals surface area contributed by atoms with Gasteiger partial charge in [0.1, 0.15) is 0 Å². The summed E-state index contributed by atoms with van der Waals surface area (Å²) >= 11 is 2.09. The summed E-state index contributed by atoms with van der Waals surface area (Å²) in [7, 11) is 0. The minimum atomic E-state index is 0.377. The number of hydrogen-bond acceptors (Lipinski definition) is 3. The SMILES string of the molecule is CCSCCCN1CC(C2CCCCC2)NCC1(C)CC. The molecular formula is C18H36N2S. The highest BCUT2D eigenvalue weighted by Gasteiger charge is 2.38. The van der Waals surface area contributed by atoms with E-state index in [0.717, 1.165) is 12.0 Å². The molecule has 2 atom stereocenters. The Kier molecular flexibility index (Phi) is 7.37. The number of nitrogens with one attached hydrogen (secondary N) is 1. The predicted molar refractivity (Wildman–Crippen MR) is 96.3 cm³/mol. The van der Waals surface area contributed by atoms with Gasteiger partial charge in [0.25, 0.3) is 0 Å². The molecule has 1 N–H and O–H groups in total. The molecule has 1 heterocycles. The van der Waals surface area contributed by atoms with Crippen LogP contribution in [0.25, 0.3) is 0 Å². The highest BCUT2D eigenvalue weighted by Crippen LogP contribution is 2.31.